The molecule has 6 heteroatoms. The number of rotatable bonds is 7. The van der Waals surface area contributed by atoms with Crippen LogP contribution in [0.4, 0.5) is 0 Å². The van der Waals surface area contributed by atoms with E-state index in [2.05, 4.69) is 39.2 Å². The zero-order valence-electron chi connectivity index (χ0n) is 15.1. The summed E-state index contributed by atoms with van der Waals surface area (Å²) in [5, 5.41) is 15.1. The largest absolute Gasteiger partial charge is 0.346 e. The molecule has 0 bridgehead atoms. The first kappa shape index (κ1) is 16.8. The van der Waals surface area contributed by atoms with Gasteiger partial charge in [-0.05, 0) is 30.7 Å². The average Bonchev–Trinajstić information content (AvgIpc) is 3.28. The molecular weight excluding hydrogens is 324 g/mol. The first-order valence-corrected chi connectivity index (χ1v) is 9.33. The summed E-state index contributed by atoms with van der Waals surface area (Å²) in [6.45, 7) is 5.15. The highest BCUT2D eigenvalue weighted by Crippen LogP contribution is 2.34. The number of fused-ring (bicyclic) bond motifs is 1. The quantitative estimate of drug-likeness (QED) is 0.663. The van der Waals surface area contributed by atoms with Gasteiger partial charge in [0, 0.05) is 42.6 Å². The van der Waals surface area contributed by atoms with Gasteiger partial charge in [0.05, 0.1) is 18.7 Å². The highest BCUT2D eigenvalue weighted by atomic mass is 15.4. The molecule has 0 amide bonds. The van der Waals surface area contributed by atoms with Crippen molar-refractivity contribution in [3.8, 4) is 17.2 Å². The van der Waals surface area contributed by atoms with Crippen molar-refractivity contribution in [3.63, 3.8) is 0 Å². The van der Waals surface area contributed by atoms with Crippen LogP contribution in [0.5, 0.6) is 0 Å². The van der Waals surface area contributed by atoms with Gasteiger partial charge in [0.1, 0.15) is 11.2 Å². The second kappa shape index (κ2) is 6.93. The molecule has 0 radical (unpaired) electrons. The van der Waals surface area contributed by atoms with Gasteiger partial charge in [-0.25, -0.2) is 4.98 Å². The Kier molecular flexibility index (Phi) is 4.48. The maximum Gasteiger partial charge on any atom is 0.137 e. The van der Waals surface area contributed by atoms with Crippen molar-refractivity contribution in [2.24, 2.45) is 0 Å². The van der Waals surface area contributed by atoms with Gasteiger partial charge in [0.25, 0.3) is 0 Å². The lowest BCUT2D eigenvalue weighted by Gasteiger charge is -2.49. The third kappa shape index (κ3) is 2.89. The van der Waals surface area contributed by atoms with E-state index in [4.69, 9.17) is 0 Å². The Labute approximate surface area is 153 Å². The number of nitrogens with zero attached hydrogens (tertiary/aromatic N) is 5. The lowest BCUT2D eigenvalue weighted by Crippen LogP contribution is -2.62. The maximum absolute atomic E-state index is 9.34. The van der Waals surface area contributed by atoms with Crippen LogP contribution >= 0.6 is 0 Å². The van der Waals surface area contributed by atoms with Crippen molar-refractivity contribution in [2.75, 3.05) is 19.6 Å². The van der Waals surface area contributed by atoms with Crippen LogP contribution in [0.3, 0.4) is 0 Å². The average molecular weight is 348 g/mol. The second-order valence-corrected chi connectivity index (χ2v) is 7.25. The van der Waals surface area contributed by atoms with Gasteiger partial charge >= 0.3 is 0 Å². The van der Waals surface area contributed by atoms with Crippen molar-refractivity contribution in [3.05, 3.63) is 36.9 Å². The van der Waals surface area contributed by atoms with Gasteiger partial charge in [-0.3, -0.25) is 9.58 Å². The van der Waals surface area contributed by atoms with Gasteiger partial charge in [0.15, 0.2) is 0 Å². The number of aromatic amines is 1. The van der Waals surface area contributed by atoms with Gasteiger partial charge in [-0.2, -0.15) is 10.4 Å². The standard InChI is InChI=1S/C20H24N6/c1-2-3-4-11-25-14-20(15-25,7-8-21)26-13-16(12-24-26)17-5-9-22-19-18(17)6-10-23-19/h5-6,9-10,12-13H,2-4,7,11,14-15H2,1H3,(H,22,23). The third-order valence-corrected chi connectivity index (χ3v) is 5.36. The van der Waals surface area contributed by atoms with Crippen molar-refractivity contribution >= 4 is 11.0 Å². The Morgan fingerprint density at radius 3 is 3.00 bits per heavy atom. The molecule has 134 valence electrons. The SMILES string of the molecule is CCCCCN1CC(CC#N)(n2cc(-c3ccnc4[nH]ccc34)cn2)C1. The van der Waals surface area contributed by atoms with E-state index in [9.17, 15) is 5.26 Å². The highest BCUT2D eigenvalue weighted by Gasteiger charge is 2.45. The minimum atomic E-state index is -0.191. The number of H-pyrrole nitrogens is 1. The number of unbranched alkanes of at least 4 members (excludes halogenated alkanes) is 2. The monoisotopic (exact) mass is 348 g/mol. The molecule has 0 saturated carbocycles. The second-order valence-electron chi connectivity index (χ2n) is 7.25. The smallest absolute Gasteiger partial charge is 0.137 e. The molecule has 1 N–H and O–H groups in total. The molecule has 0 aromatic carbocycles. The number of likely N-dealkylation sites (tertiary alicyclic amines) is 1. The Bertz CT molecular complexity index is 925. The lowest BCUT2D eigenvalue weighted by molar-refractivity contribution is 0.00436. The molecule has 1 aliphatic rings. The molecule has 6 nitrogen and oxygen atoms in total. The van der Waals surface area contributed by atoms with Crippen LogP contribution in [0.25, 0.3) is 22.2 Å². The van der Waals surface area contributed by atoms with Crippen LogP contribution in [0.15, 0.2) is 36.9 Å². The summed E-state index contributed by atoms with van der Waals surface area (Å²) < 4.78 is 2.01. The first-order valence-electron chi connectivity index (χ1n) is 9.33. The molecule has 0 unspecified atom stereocenters. The van der Waals surface area contributed by atoms with Crippen molar-refractivity contribution in [2.45, 2.75) is 38.1 Å². The van der Waals surface area contributed by atoms with Crippen LogP contribution < -0.4 is 0 Å². The maximum atomic E-state index is 9.34. The molecule has 0 spiro atoms. The molecule has 1 fully saturated rings. The summed E-state index contributed by atoms with van der Waals surface area (Å²) in [4.78, 5) is 9.94. The summed E-state index contributed by atoms with van der Waals surface area (Å²) in [5.74, 6) is 0. The Morgan fingerprint density at radius 2 is 2.19 bits per heavy atom. The van der Waals surface area contributed by atoms with E-state index >= 15 is 0 Å². The molecule has 1 saturated heterocycles. The minimum Gasteiger partial charge on any atom is -0.346 e. The molecule has 0 atom stereocenters. The van der Waals surface area contributed by atoms with Crippen molar-refractivity contribution < 1.29 is 0 Å². The molecule has 26 heavy (non-hydrogen) atoms. The third-order valence-electron chi connectivity index (χ3n) is 5.36. The summed E-state index contributed by atoms with van der Waals surface area (Å²) in [6, 6.07) is 6.43. The Hall–Kier alpha value is -2.65. The summed E-state index contributed by atoms with van der Waals surface area (Å²) in [6.07, 6.45) is 11.9. The number of hydrogen-bond acceptors (Lipinski definition) is 4. The van der Waals surface area contributed by atoms with E-state index in [-0.39, 0.29) is 5.54 Å². The fourth-order valence-corrected chi connectivity index (χ4v) is 3.95. The zero-order valence-corrected chi connectivity index (χ0v) is 15.1. The van der Waals surface area contributed by atoms with E-state index in [1.165, 1.54) is 19.3 Å². The summed E-state index contributed by atoms with van der Waals surface area (Å²) in [5.41, 5.74) is 2.88. The van der Waals surface area contributed by atoms with Crippen LogP contribution in [0, 0.1) is 11.3 Å². The van der Waals surface area contributed by atoms with Gasteiger partial charge in [-0.15, -0.1) is 0 Å². The van der Waals surface area contributed by atoms with Gasteiger partial charge in [0.2, 0.25) is 0 Å². The molecular formula is C20H24N6. The fraction of sp³-hybridized carbons (Fsp3) is 0.450. The molecule has 1 aliphatic heterocycles. The number of nitrogens with one attached hydrogen (secondary N) is 1. The predicted molar refractivity (Wildman–Crippen MR) is 101 cm³/mol. The number of nitriles is 1. The molecule has 3 aromatic heterocycles. The van der Waals surface area contributed by atoms with Crippen LogP contribution in [-0.4, -0.2) is 44.3 Å². The van der Waals surface area contributed by atoms with Crippen LogP contribution in [0.1, 0.15) is 32.6 Å². The van der Waals surface area contributed by atoms with E-state index < -0.39 is 0 Å². The fourth-order valence-electron chi connectivity index (χ4n) is 3.95. The zero-order chi connectivity index (χ0) is 18.0. The van der Waals surface area contributed by atoms with Crippen molar-refractivity contribution in [1.29, 1.82) is 5.26 Å². The Morgan fingerprint density at radius 1 is 1.31 bits per heavy atom. The lowest BCUT2D eigenvalue weighted by atomic mass is 9.86. The number of hydrogen-bond donors (Lipinski definition) is 1. The summed E-state index contributed by atoms with van der Waals surface area (Å²) >= 11 is 0. The van der Waals surface area contributed by atoms with Crippen molar-refractivity contribution in [1.82, 2.24) is 24.6 Å². The topological polar surface area (TPSA) is 73.5 Å². The number of pyridine rings is 1. The van der Waals surface area contributed by atoms with E-state index in [0.29, 0.717) is 6.42 Å². The Balaban J connectivity index is 1.56. The van der Waals surface area contributed by atoms with Gasteiger partial charge < -0.3 is 4.98 Å². The van der Waals surface area contributed by atoms with Crippen LogP contribution in [-0.2, 0) is 5.54 Å². The normalized spacial score (nSPS) is 16.5. The van der Waals surface area contributed by atoms with E-state index in [1.54, 1.807) is 0 Å². The van der Waals surface area contributed by atoms with E-state index in [0.717, 1.165) is 41.8 Å². The minimum absolute atomic E-state index is 0.191. The van der Waals surface area contributed by atoms with Gasteiger partial charge in [-0.1, -0.05) is 19.8 Å². The highest BCUT2D eigenvalue weighted by molar-refractivity contribution is 5.92. The number of aromatic nitrogens is 4. The molecule has 4 rings (SSSR count). The molecule has 3 aromatic rings. The first-order chi connectivity index (χ1) is 12.8. The molecule has 4 heterocycles. The summed E-state index contributed by atoms with van der Waals surface area (Å²) in [7, 11) is 0. The van der Waals surface area contributed by atoms with E-state index in [1.807, 2.05) is 35.4 Å². The van der Waals surface area contributed by atoms with Crippen LogP contribution in [0.2, 0.25) is 0 Å². The molecule has 0 aliphatic carbocycles. The predicted octanol–water partition coefficient (Wildman–Crippen LogP) is 3.54.